The molecule has 1 aromatic heterocycles. The summed E-state index contributed by atoms with van der Waals surface area (Å²) in [6.45, 7) is 0.286. The SMILES string of the molecule is NC(CCCCNS(=O)(=O)c1cc(Cl)c(Br)s1)=NO. The number of hydrogen-bond donors (Lipinski definition) is 3. The molecule has 19 heavy (non-hydrogen) atoms. The molecule has 0 aliphatic heterocycles. The average Bonchev–Trinajstić information content (AvgIpc) is 2.69. The molecule has 1 aromatic rings. The van der Waals surface area contributed by atoms with Crippen molar-refractivity contribution in [3.8, 4) is 0 Å². The topological polar surface area (TPSA) is 105 Å². The number of unbranched alkanes of at least 4 members (excludes halogenated alkanes) is 1. The molecule has 0 atom stereocenters. The molecule has 0 spiro atoms. The second-order valence-electron chi connectivity index (χ2n) is 3.63. The first-order valence-electron chi connectivity index (χ1n) is 5.27. The van der Waals surface area contributed by atoms with Gasteiger partial charge in [0.15, 0.2) is 0 Å². The maximum atomic E-state index is 11.9. The highest BCUT2D eigenvalue weighted by molar-refractivity contribution is 9.11. The number of oxime groups is 1. The van der Waals surface area contributed by atoms with Crippen molar-refractivity contribution in [1.29, 1.82) is 0 Å². The molecule has 0 unspecified atom stereocenters. The summed E-state index contributed by atoms with van der Waals surface area (Å²) in [6.07, 6.45) is 1.65. The lowest BCUT2D eigenvalue weighted by molar-refractivity contribution is 0.316. The van der Waals surface area contributed by atoms with Gasteiger partial charge in [-0.2, -0.15) is 0 Å². The van der Waals surface area contributed by atoms with E-state index in [-0.39, 0.29) is 16.6 Å². The summed E-state index contributed by atoms with van der Waals surface area (Å²) in [4.78, 5) is 0. The van der Waals surface area contributed by atoms with E-state index in [1.807, 2.05) is 0 Å². The highest BCUT2D eigenvalue weighted by atomic mass is 79.9. The first kappa shape index (κ1) is 16.7. The third kappa shape index (κ3) is 5.27. The average molecular weight is 391 g/mol. The highest BCUT2D eigenvalue weighted by Crippen LogP contribution is 2.34. The minimum absolute atomic E-state index is 0.136. The summed E-state index contributed by atoms with van der Waals surface area (Å²) in [5.74, 6) is 0.136. The molecule has 0 aliphatic carbocycles. The number of nitrogens with one attached hydrogen (secondary N) is 1. The van der Waals surface area contributed by atoms with Gasteiger partial charge in [0.2, 0.25) is 10.0 Å². The lowest BCUT2D eigenvalue weighted by Crippen LogP contribution is -2.24. The molecule has 0 fully saturated rings. The Morgan fingerprint density at radius 2 is 2.26 bits per heavy atom. The minimum atomic E-state index is -3.53. The Hall–Kier alpha value is -0.350. The second kappa shape index (κ2) is 7.44. The standard InChI is InChI=1S/C9H13BrClN3O3S2/c10-9-6(11)5-8(18-9)19(16,17)13-4-2-1-3-7(12)14-15/h5,13,15H,1-4H2,(H2,12,14). The third-order valence-corrected chi connectivity index (χ3v) is 6.58. The van der Waals surface area contributed by atoms with E-state index in [1.165, 1.54) is 6.07 Å². The van der Waals surface area contributed by atoms with Crippen LogP contribution in [0.4, 0.5) is 0 Å². The van der Waals surface area contributed by atoms with Crippen molar-refractivity contribution in [3.05, 3.63) is 14.9 Å². The summed E-state index contributed by atoms with van der Waals surface area (Å²) in [5, 5.41) is 11.5. The fourth-order valence-corrected chi connectivity index (χ4v) is 4.74. The van der Waals surface area contributed by atoms with Crippen LogP contribution in [0.25, 0.3) is 0 Å². The Bertz CT molecular complexity index is 540. The van der Waals surface area contributed by atoms with Crippen LogP contribution in [0.3, 0.4) is 0 Å². The smallest absolute Gasteiger partial charge is 0.250 e. The third-order valence-electron chi connectivity index (χ3n) is 2.17. The van der Waals surface area contributed by atoms with Gasteiger partial charge in [-0.1, -0.05) is 16.8 Å². The molecular weight excluding hydrogens is 378 g/mol. The second-order valence-corrected chi connectivity index (χ2v) is 8.40. The van der Waals surface area contributed by atoms with E-state index in [0.29, 0.717) is 28.1 Å². The number of sulfonamides is 1. The van der Waals surface area contributed by atoms with E-state index in [9.17, 15) is 8.42 Å². The van der Waals surface area contributed by atoms with Gasteiger partial charge in [0, 0.05) is 13.0 Å². The maximum absolute atomic E-state index is 11.9. The summed E-state index contributed by atoms with van der Waals surface area (Å²) in [5.41, 5.74) is 5.29. The van der Waals surface area contributed by atoms with Crippen molar-refractivity contribution < 1.29 is 13.6 Å². The Morgan fingerprint density at radius 1 is 1.58 bits per heavy atom. The highest BCUT2D eigenvalue weighted by Gasteiger charge is 2.18. The predicted molar refractivity (Wildman–Crippen MR) is 79.5 cm³/mol. The van der Waals surface area contributed by atoms with Crippen LogP contribution in [0.1, 0.15) is 19.3 Å². The summed E-state index contributed by atoms with van der Waals surface area (Å²) < 4.78 is 27.0. The zero-order valence-electron chi connectivity index (χ0n) is 9.77. The predicted octanol–water partition coefficient (Wildman–Crippen LogP) is 2.36. The fraction of sp³-hybridized carbons (Fsp3) is 0.444. The largest absolute Gasteiger partial charge is 0.409 e. The number of halogens is 2. The van der Waals surface area contributed by atoms with E-state index >= 15 is 0 Å². The van der Waals surface area contributed by atoms with Crippen LogP contribution >= 0.6 is 38.9 Å². The molecule has 10 heteroatoms. The van der Waals surface area contributed by atoms with Gasteiger partial charge in [0.1, 0.15) is 10.0 Å². The van der Waals surface area contributed by atoms with E-state index < -0.39 is 10.0 Å². The van der Waals surface area contributed by atoms with E-state index in [4.69, 9.17) is 22.5 Å². The van der Waals surface area contributed by atoms with Crippen LogP contribution in [0.2, 0.25) is 5.02 Å². The van der Waals surface area contributed by atoms with Gasteiger partial charge in [-0.15, -0.1) is 11.3 Å². The normalized spacial score (nSPS) is 12.8. The minimum Gasteiger partial charge on any atom is -0.409 e. The maximum Gasteiger partial charge on any atom is 0.250 e. The number of thiophene rings is 1. The Balaban J connectivity index is 2.44. The van der Waals surface area contributed by atoms with Crippen molar-refractivity contribution in [2.24, 2.45) is 10.9 Å². The van der Waals surface area contributed by atoms with E-state index in [2.05, 4.69) is 25.8 Å². The van der Waals surface area contributed by atoms with Crippen molar-refractivity contribution in [1.82, 2.24) is 4.72 Å². The molecule has 0 saturated heterocycles. The van der Waals surface area contributed by atoms with Crippen molar-refractivity contribution in [3.63, 3.8) is 0 Å². The van der Waals surface area contributed by atoms with Crippen LogP contribution < -0.4 is 10.5 Å². The molecule has 6 nitrogen and oxygen atoms in total. The summed E-state index contributed by atoms with van der Waals surface area (Å²) >= 11 is 10.0. The van der Waals surface area contributed by atoms with Crippen LogP contribution in [-0.2, 0) is 10.0 Å². The molecule has 108 valence electrons. The lowest BCUT2D eigenvalue weighted by atomic mass is 10.2. The molecule has 4 N–H and O–H groups in total. The lowest BCUT2D eigenvalue weighted by Gasteiger charge is -2.04. The van der Waals surface area contributed by atoms with Gasteiger partial charge in [-0.25, -0.2) is 13.1 Å². The molecule has 0 saturated carbocycles. The zero-order valence-corrected chi connectivity index (χ0v) is 13.7. The molecule has 0 radical (unpaired) electrons. The molecular formula is C9H13BrClN3O3S2. The van der Waals surface area contributed by atoms with Crippen molar-refractivity contribution >= 4 is 54.7 Å². The summed E-state index contributed by atoms with van der Waals surface area (Å²) in [6, 6.07) is 1.40. The fourth-order valence-electron chi connectivity index (χ4n) is 1.22. The molecule has 1 heterocycles. The van der Waals surface area contributed by atoms with Crippen molar-refractivity contribution in [2.45, 2.75) is 23.5 Å². The first-order chi connectivity index (χ1) is 8.86. The Labute approximate surface area is 128 Å². The van der Waals surface area contributed by atoms with Crippen LogP contribution in [-0.4, -0.2) is 26.0 Å². The van der Waals surface area contributed by atoms with Crippen molar-refractivity contribution in [2.75, 3.05) is 6.54 Å². The van der Waals surface area contributed by atoms with Gasteiger partial charge >= 0.3 is 0 Å². The number of nitrogens with zero attached hydrogens (tertiary/aromatic N) is 1. The van der Waals surface area contributed by atoms with Crippen LogP contribution in [0.15, 0.2) is 19.2 Å². The zero-order chi connectivity index (χ0) is 14.5. The van der Waals surface area contributed by atoms with Gasteiger partial charge in [-0.3, -0.25) is 0 Å². The summed E-state index contributed by atoms with van der Waals surface area (Å²) in [7, 11) is -3.53. The first-order valence-corrected chi connectivity index (χ1v) is 8.75. The van der Waals surface area contributed by atoms with Gasteiger partial charge in [0.05, 0.1) is 8.81 Å². The van der Waals surface area contributed by atoms with E-state index in [1.54, 1.807) is 0 Å². The van der Waals surface area contributed by atoms with Gasteiger partial charge in [0.25, 0.3) is 0 Å². The van der Waals surface area contributed by atoms with Crippen LogP contribution in [0, 0.1) is 0 Å². The van der Waals surface area contributed by atoms with Gasteiger partial charge < -0.3 is 10.9 Å². The van der Waals surface area contributed by atoms with E-state index in [0.717, 1.165) is 11.3 Å². The number of rotatable bonds is 7. The van der Waals surface area contributed by atoms with Gasteiger partial charge in [-0.05, 0) is 34.8 Å². The molecule has 0 aliphatic rings. The number of nitrogens with two attached hydrogens (primary N) is 1. The Kier molecular flexibility index (Phi) is 6.54. The monoisotopic (exact) mass is 389 g/mol. The molecule has 0 bridgehead atoms. The number of hydrogen-bond acceptors (Lipinski definition) is 5. The van der Waals surface area contributed by atoms with Crippen LogP contribution in [0.5, 0.6) is 0 Å². The molecule has 0 amide bonds. The Morgan fingerprint density at radius 3 is 2.79 bits per heavy atom. The quantitative estimate of drug-likeness (QED) is 0.218. The molecule has 1 rings (SSSR count). The molecule has 0 aromatic carbocycles. The number of amidine groups is 1.